The molecule has 1 aliphatic heterocycles. The van der Waals surface area contributed by atoms with Gasteiger partial charge in [-0.1, -0.05) is 23.7 Å². The molecule has 1 unspecified atom stereocenters. The number of ether oxygens (including phenoxy) is 1. The van der Waals surface area contributed by atoms with E-state index in [-0.39, 0.29) is 24.7 Å². The van der Waals surface area contributed by atoms with E-state index in [1.54, 1.807) is 24.3 Å². The highest BCUT2D eigenvalue weighted by molar-refractivity contribution is 7.97. The summed E-state index contributed by atoms with van der Waals surface area (Å²) < 4.78 is 5.65. The first-order valence-corrected chi connectivity index (χ1v) is 10.9. The number of halogens is 1. The Kier molecular flexibility index (Phi) is 9.42. The zero-order chi connectivity index (χ0) is 20.8. The molecule has 1 aromatic carbocycles. The minimum Gasteiger partial charge on any atom is -0.394 e. The Hall–Kier alpha value is -0.460. The van der Waals surface area contributed by atoms with Crippen LogP contribution < -0.4 is 0 Å². The molecule has 28 heavy (non-hydrogen) atoms. The second kappa shape index (κ2) is 11.1. The highest BCUT2D eigenvalue weighted by atomic mass is 35.5. The largest absolute Gasteiger partial charge is 0.394 e. The number of aliphatic hydroxyl groups excluding tert-OH is 7. The van der Waals surface area contributed by atoms with Crippen LogP contribution in [-0.4, -0.2) is 102 Å². The predicted molar refractivity (Wildman–Crippen MR) is 105 cm³/mol. The molecule has 160 valence electrons. The van der Waals surface area contributed by atoms with E-state index in [0.717, 1.165) is 5.56 Å². The van der Waals surface area contributed by atoms with E-state index in [2.05, 4.69) is 0 Å². The van der Waals surface area contributed by atoms with Gasteiger partial charge in [-0.15, -0.1) is 0 Å². The topological polar surface area (TPSA) is 151 Å². The van der Waals surface area contributed by atoms with Crippen molar-refractivity contribution in [1.82, 2.24) is 0 Å². The zero-order valence-electron chi connectivity index (χ0n) is 15.2. The van der Waals surface area contributed by atoms with Gasteiger partial charge in [0.15, 0.2) is 5.25 Å². The molecule has 1 saturated heterocycles. The third-order valence-corrected chi connectivity index (χ3v) is 7.88. The lowest BCUT2D eigenvalue weighted by Gasteiger charge is -2.29. The second-order valence-corrected chi connectivity index (χ2v) is 9.64. The fourth-order valence-corrected chi connectivity index (χ4v) is 5.95. The molecule has 0 aromatic heterocycles. The van der Waals surface area contributed by atoms with Crippen molar-refractivity contribution in [2.45, 2.75) is 48.5 Å². The Morgan fingerprint density at radius 3 is 2.29 bits per heavy atom. The Bertz CT molecular complexity index is 591. The van der Waals surface area contributed by atoms with Gasteiger partial charge in [0.05, 0.1) is 19.8 Å². The Morgan fingerprint density at radius 2 is 1.71 bits per heavy atom. The molecule has 0 bridgehead atoms. The lowest BCUT2D eigenvalue weighted by atomic mass is 10.0. The highest BCUT2D eigenvalue weighted by Gasteiger charge is 2.51. The van der Waals surface area contributed by atoms with Crippen LogP contribution in [0, 0.1) is 0 Å². The number of benzene rings is 1. The molecule has 0 amide bonds. The van der Waals surface area contributed by atoms with Crippen LogP contribution in [0.25, 0.3) is 0 Å². The van der Waals surface area contributed by atoms with Crippen molar-refractivity contribution < 1.29 is 40.5 Å². The van der Waals surface area contributed by atoms with Crippen molar-refractivity contribution in [3.8, 4) is 0 Å². The summed E-state index contributed by atoms with van der Waals surface area (Å²) in [5, 5.41) is 69.1. The molecule has 1 fully saturated rings. The summed E-state index contributed by atoms with van der Waals surface area (Å²) in [7, 11) is -0.712. The molecule has 8 atom stereocenters. The first-order valence-electron chi connectivity index (χ1n) is 8.92. The standard InChI is InChI=1S/C18H28ClO8S/c19-11-3-1-10(2-4-11)7-27-18(17(26)12(22)5-20)14(24)9-28-8-13(23)16(25)15(28)6-21/h1-4,12-18,20-26H,5-9H2/q+1/t12-,13+,14+,15+,16-,17+,18-,28?/m0/s1. The van der Waals surface area contributed by atoms with Crippen LogP contribution in [0.5, 0.6) is 0 Å². The Balaban J connectivity index is 2.07. The molecular weight excluding hydrogens is 412 g/mol. The van der Waals surface area contributed by atoms with Crippen LogP contribution in [0.3, 0.4) is 0 Å². The Morgan fingerprint density at radius 1 is 1.07 bits per heavy atom. The van der Waals surface area contributed by atoms with E-state index < -0.39 is 59.4 Å². The summed E-state index contributed by atoms with van der Waals surface area (Å²) in [4.78, 5) is 0. The van der Waals surface area contributed by atoms with E-state index >= 15 is 0 Å². The maximum Gasteiger partial charge on any atom is 0.169 e. The summed E-state index contributed by atoms with van der Waals surface area (Å²) in [6.45, 7) is -1.03. The number of hydrogen-bond acceptors (Lipinski definition) is 8. The summed E-state index contributed by atoms with van der Waals surface area (Å²) in [5.41, 5.74) is 0.731. The summed E-state index contributed by atoms with van der Waals surface area (Å²) in [5.74, 6) is 0.270. The van der Waals surface area contributed by atoms with Crippen LogP contribution in [0.2, 0.25) is 5.02 Å². The van der Waals surface area contributed by atoms with Crippen molar-refractivity contribution >= 4 is 22.5 Å². The molecule has 0 radical (unpaired) electrons. The van der Waals surface area contributed by atoms with Crippen LogP contribution in [0.1, 0.15) is 5.56 Å². The fraction of sp³-hybridized carbons (Fsp3) is 0.667. The SMILES string of the molecule is OC[C@@H]1[C@@H](O)[C@H](O)C[S+]1C[C@@H](O)[C@H](OCc1ccc(Cl)cc1)[C@H](O)[C@@H](O)CO. The predicted octanol–water partition coefficient (Wildman–Crippen LogP) is -1.99. The van der Waals surface area contributed by atoms with Gasteiger partial charge in [0.25, 0.3) is 0 Å². The molecule has 1 aromatic rings. The highest BCUT2D eigenvalue weighted by Crippen LogP contribution is 2.26. The average molecular weight is 440 g/mol. The minimum absolute atomic E-state index is 0.0244. The number of aliphatic hydroxyl groups is 7. The fourth-order valence-electron chi connectivity index (χ4n) is 3.14. The van der Waals surface area contributed by atoms with E-state index in [9.17, 15) is 30.6 Å². The van der Waals surface area contributed by atoms with Gasteiger partial charge in [-0.25, -0.2) is 0 Å². The molecule has 10 heteroatoms. The average Bonchev–Trinajstić information content (AvgIpc) is 2.95. The summed E-state index contributed by atoms with van der Waals surface area (Å²) in [6.07, 6.45) is -7.61. The molecule has 1 aliphatic rings. The summed E-state index contributed by atoms with van der Waals surface area (Å²) in [6, 6.07) is 6.76. The Labute approximate surface area is 171 Å². The number of hydrogen-bond donors (Lipinski definition) is 7. The molecule has 1 heterocycles. The second-order valence-electron chi connectivity index (χ2n) is 6.86. The van der Waals surface area contributed by atoms with Crippen molar-refractivity contribution in [3.63, 3.8) is 0 Å². The van der Waals surface area contributed by atoms with E-state index in [0.29, 0.717) is 5.02 Å². The lowest BCUT2D eigenvalue weighted by Crippen LogP contribution is -2.50. The van der Waals surface area contributed by atoms with Crippen molar-refractivity contribution in [2.75, 3.05) is 24.7 Å². The van der Waals surface area contributed by atoms with E-state index in [4.69, 9.17) is 21.4 Å². The molecule has 0 saturated carbocycles. The molecule has 2 rings (SSSR count). The van der Waals surface area contributed by atoms with Crippen LogP contribution >= 0.6 is 11.6 Å². The zero-order valence-corrected chi connectivity index (χ0v) is 16.8. The quantitative estimate of drug-likeness (QED) is 0.207. The molecule has 7 N–H and O–H groups in total. The lowest BCUT2D eigenvalue weighted by molar-refractivity contribution is -0.141. The van der Waals surface area contributed by atoms with E-state index in [1.807, 2.05) is 0 Å². The van der Waals surface area contributed by atoms with Crippen molar-refractivity contribution in [2.24, 2.45) is 0 Å². The monoisotopic (exact) mass is 439 g/mol. The van der Waals surface area contributed by atoms with Gasteiger partial charge in [0.2, 0.25) is 0 Å². The maximum absolute atomic E-state index is 10.7. The van der Waals surface area contributed by atoms with Gasteiger partial charge < -0.3 is 40.5 Å². The summed E-state index contributed by atoms with van der Waals surface area (Å²) >= 11 is 5.84. The first-order chi connectivity index (χ1) is 13.3. The molecule has 8 nitrogen and oxygen atoms in total. The van der Waals surface area contributed by atoms with Gasteiger partial charge in [-0.2, -0.15) is 0 Å². The van der Waals surface area contributed by atoms with Crippen molar-refractivity contribution in [1.29, 1.82) is 0 Å². The van der Waals surface area contributed by atoms with Gasteiger partial charge in [-0.05, 0) is 17.7 Å². The van der Waals surface area contributed by atoms with Gasteiger partial charge in [0.1, 0.15) is 48.1 Å². The van der Waals surface area contributed by atoms with Crippen LogP contribution in [0.15, 0.2) is 24.3 Å². The molecule has 0 spiro atoms. The minimum atomic E-state index is -1.55. The van der Waals surface area contributed by atoms with Gasteiger partial charge in [0, 0.05) is 15.9 Å². The smallest absolute Gasteiger partial charge is 0.169 e. The first kappa shape index (κ1) is 23.8. The molecular formula is C18H28ClO8S+. The van der Waals surface area contributed by atoms with Gasteiger partial charge in [-0.3, -0.25) is 0 Å². The van der Waals surface area contributed by atoms with E-state index in [1.165, 1.54) is 0 Å². The normalized spacial score (nSPS) is 29.4. The third kappa shape index (κ3) is 6.02. The van der Waals surface area contributed by atoms with Crippen LogP contribution in [0.4, 0.5) is 0 Å². The van der Waals surface area contributed by atoms with Crippen LogP contribution in [-0.2, 0) is 22.2 Å². The third-order valence-electron chi connectivity index (χ3n) is 4.81. The number of rotatable bonds is 10. The van der Waals surface area contributed by atoms with Gasteiger partial charge >= 0.3 is 0 Å². The van der Waals surface area contributed by atoms with Crippen molar-refractivity contribution in [3.05, 3.63) is 34.9 Å². The molecule has 0 aliphatic carbocycles. The maximum atomic E-state index is 10.7.